The van der Waals surface area contributed by atoms with E-state index in [9.17, 15) is 20.0 Å². The number of nitro groups is 1. The molecule has 1 amide bonds. The Hall–Kier alpha value is -3.42. The minimum absolute atomic E-state index is 0.280. The first-order valence-corrected chi connectivity index (χ1v) is 7.84. The summed E-state index contributed by atoms with van der Waals surface area (Å²) < 4.78 is 5.16. The van der Waals surface area contributed by atoms with Crippen molar-refractivity contribution in [1.29, 1.82) is 0 Å². The molecule has 8 nitrogen and oxygen atoms in total. The number of nitro benzene ring substituents is 1. The number of hydrogen-bond donors (Lipinski definition) is 2. The molecule has 26 heavy (non-hydrogen) atoms. The van der Waals surface area contributed by atoms with Gasteiger partial charge in [0, 0.05) is 17.5 Å². The number of phenolic OH excluding ortho intramolecular Hbond substituents is 1. The van der Waals surface area contributed by atoms with Crippen molar-refractivity contribution in [3.05, 3.63) is 63.7 Å². The Kier molecular flexibility index (Phi) is 6.26. The van der Waals surface area contributed by atoms with E-state index in [1.807, 2.05) is 24.3 Å². The second-order valence-electron chi connectivity index (χ2n) is 5.70. The molecule has 0 spiro atoms. The van der Waals surface area contributed by atoms with Crippen molar-refractivity contribution in [2.45, 2.75) is 13.3 Å². The molecule has 0 fully saturated rings. The SMILES string of the molecule is COc1cccc(C[C@H](C)C(=O)N/N=C\c2ccc(O)c([N+](=O)[O-])c2)c1. The van der Waals surface area contributed by atoms with Crippen LogP contribution in [0.4, 0.5) is 5.69 Å². The third-order valence-electron chi connectivity index (χ3n) is 3.71. The van der Waals surface area contributed by atoms with Gasteiger partial charge >= 0.3 is 5.69 Å². The summed E-state index contributed by atoms with van der Waals surface area (Å²) in [5.74, 6) is -0.309. The molecule has 0 unspecified atom stereocenters. The van der Waals surface area contributed by atoms with Gasteiger partial charge < -0.3 is 9.84 Å². The van der Waals surface area contributed by atoms with E-state index in [0.29, 0.717) is 12.0 Å². The molecule has 0 bridgehead atoms. The molecule has 2 aromatic carbocycles. The minimum atomic E-state index is -0.693. The summed E-state index contributed by atoms with van der Waals surface area (Å²) in [5, 5.41) is 24.0. The Balaban J connectivity index is 1.95. The first-order chi connectivity index (χ1) is 12.4. The summed E-state index contributed by atoms with van der Waals surface area (Å²) in [5.41, 5.74) is 3.33. The van der Waals surface area contributed by atoms with Crippen molar-refractivity contribution in [3.8, 4) is 11.5 Å². The molecule has 0 heterocycles. The highest BCUT2D eigenvalue weighted by atomic mass is 16.6. The van der Waals surface area contributed by atoms with E-state index >= 15 is 0 Å². The van der Waals surface area contributed by atoms with Gasteiger partial charge in [-0.25, -0.2) is 5.43 Å². The van der Waals surface area contributed by atoms with Gasteiger partial charge in [0.25, 0.3) is 0 Å². The molecule has 0 aliphatic rings. The zero-order valence-corrected chi connectivity index (χ0v) is 14.4. The lowest BCUT2D eigenvalue weighted by molar-refractivity contribution is -0.385. The molecule has 0 radical (unpaired) electrons. The third kappa shape index (κ3) is 5.04. The number of carbonyl (C=O) groups is 1. The van der Waals surface area contributed by atoms with Gasteiger partial charge in [-0.2, -0.15) is 5.10 Å². The molecule has 8 heteroatoms. The summed E-state index contributed by atoms with van der Waals surface area (Å²) in [6, 6.07) is 11.3. The zero-order chi connectivity index (χ0) is 19.1. The zero-order valence-electron chi connectivity index (χ0n) is 14.4. The van der Waals surface area contributed by atoms with Crippen LogP contribution in [0.5, 0.6) is 11.5 Å². The Morgan fingerprint density at radius 2 is 2.15 bits per heavy atom. The maximum atomic E-state index is 12.1. The van der Waals surface area contributed by atoms with Gasteiger partial charge in [-0.3, -0.25) is 14.9 Å². The van der Waals surface area contributed by atoms with Crippen LogP contribution in [0, 0.1) is 16.0 Å². The fourth-order valence-corrected chi connectivity index (χ4v) is 2.29. The summed E-state index contributed by atoms with van der Waals surface area (Å²) in [6.07, 6.45) is 1.80. The Morgan fingerprint density at radius 1 is 1.38 bits per heavy atom. The summed E-state index contributed by atoms with van der Waals surface area (Å²) in [7, 11) is 1.58. The number of aromatic hydroxyl groups is 1. The molecule has 0 aliphatic heterocycles. The number of hydrazone groups is 1. The van der Waals surface area contributed by atoms with Gasteiger partial charge in [0.15, 0.2) is 5.75 Å². The number of methoxy groups -OCH3 is 1. The van der Waals surface area contributed by atoms with E-state index in [4.69, 9.17) is 4.74 Å². The molecule has 2 N–H and O–H groups in total. The number of ether oxygens (including phenoxy) is 1. The maximum Gasteiger partial charge on any atom is 0.311 e. The van der Waals surface area contributed by atoms with Gasteiger partial charge in [0.05, 0.1) is 18.2 Å². The number of carbonyl (C=O) groups excluding carboxylic acids is 1. The van der Waals surface area contributed by atoms with E-state index in [2.05, 4.69) is 10.5 Å². The van der Waals surface area contributed by atoms with Crippen LogP contribution in [0.15, 0.2) is 47.6 Å². The van der Waals surface area contributed by atoms with Gasteiger partial charge in [0.2, 0.25) is 5.91 Å². The highest BCUT2D eigenvalue weighted by Gasteiger charge is 2.14. The van der Waals surface area contributed by atoms with E-state index in [1.165, 1.54) is 24.4 Å². The first kappa shape index (κ1) is 18.9. The average Bonchev–Trinajstić information content (AvgIpc) is 2.62. The Bertz CT molecular complexity index is 835. The van der Waals surface area contributed by atoms with Gasteiger partial charge in [0.1, 0.15) is 5.75 Å². The van der Waals surface area contributed by atoms with Crippen LogP contribution in [0.2, 0.25) is 0 Å². The Morgan fingerprint density at radius 3 is 2.85 bits per heavy atom. The second-order valence-corrected chi connectivity index (χ2v) is 5.70. The van der Waals surface area contributed by atoms with Crippen molar-refractivity contribution >= 4 is 17.8 Å². The topological polar surface area (TPSA) is 114 Å². The molecular weight excluding hydrogens is 338 g/mol. The number of amides is 1. The Labute approximate surface area is 150 Å². The van der Waals surface area contributed by atoms with Crippen LogP contribution in [0.3, 0.4) is 0 Å². The predicted octanol–water partition coefficient (Wildman–Crippen LogP) is 2.64. The van der Waals surface area contributed by atoms with Crippen LogP contribution in [0.25, 0.3) is 0 Å². The van der Waals surface area contributed by atoms with Crippen molar-refractivity contribution in [2.75, 3.05) is 7.11 Å². The number of nitrogens with zero attached hydrogens (tertiary/aromatic N) is 2. The van der Waals surface area contributed by atoms with Gasteiger partial charge in [-0.15, -0.1) is 0 Å². The largest absolute Gasteiger partial charge is 0.502 e. The fourth-order valence-electron chi connectivity index (χ4n) is 2.29. The first-order valence-electron chi connectivity index (χ1n) is 7.84. The van der Waals surface area contributed by atoms with Crippen molar-refractivity contribution in [3.63, 3.8) is 0 Å². The number of rotatable bonds is 7. The fraction of sp³-hybridized carbons (Fsp3) is 0.222. The van der Waals surface area contributed by atoms with Crippen LogP contribution < -0.4 is 10.2 Å². The lowest BCUT2D eigenvalue weighted by atomic mass is 10.0. The van der Waals surface area contributed by atoms with Gasteiger partial charge in [-0.05, 0) is 36.2 Å². The van der Waals surface area contributed by atoms with E-state index < -0.39 is 16.4 Å². The van der Waals surface area contributed by atoms with E-state index in [0.717, 1.165) is 11.3 Å². The molecular formula is C18H19N3O5. The van der Waals surface area contributed by atoms with Crippen LogP contribution in [-0.4, -0.2) is 29.3 Å². The standard InChI is InChI=1S/C18H19N3O5/c1-12(8-13-4-3-5-15(9-13)26-2)18(23)20-19-11-14-6-7-17(22)16(10-14)21(24)25/h3-7,9-12,22H,8H2,1-2H3,(H,20,23)/b19-11-/t12-/m0/s1. The number of nitrogens with one attached hydrogen (secondary N) is 1. The summed E-state index contributed by atoms with van der Waals surface area (Å²) in [4.78, 5) is 22.2. The van der Waals surface area contributed by atoms with E-state index in [1.54, 1.807) is 14.0 Å². The monoisotopic (exact) mass is 357 g/mol. The summed E-state index contributed by atoms with van der Waals surface area (Å²) in [6.45, 7) is 1.77. The molecule has 0 aromatic heterocycles. The quantitative estimate of drug-likeness (QED) is 0.449. The smallest absolute Gasteiger partial charge is 0.311 e. The lowest BCUT2D eigenvalue weighted by Gasteiger charge is -2.10. The normalized spacial score (nSPS) is 11.9. The van der Waals surface area contributed by atoms with E-state index in [-0.39, 0.29) is 11.8 Å². The predicted molar refractivity (Wildman–Crippen MR) is 96.4 cm³/mol. The maximum absolute atomic E-state index is 12.1. The van der Waals surface area contributed by atoms with Crippen molar-refractivity contribution in [1.82, 2.24) is 5.43 Å². The van der Waals surface area contributed by atoms with Crippen LogP contribution >= 0.6 is 0 Å². The highest BCUT2D eigenvalue weighted by molar-refractivity contribution is 5.84. The van der Waals surface area contributed by atoms with Crippen LogP contribution in [-0.2, 0) is 11.2 Å². The highest BCUT2D eigenvalue weighted by Crippen LogP contribution is 2.25. The third-order valence-corrected chi connectivity index (χ3v) is 3.71. The molecule has 136 valence electrons. The number of benzene rings is 2. The second kappa shape index (κ2) is 8.61. The number of phenols is 1. The molecule has 0 aliphatic carbocycles. The molecule has 1 atom stereocenters. The van der Waals surface area contributed by atoms with Crippen molar-refractivity contribution < 1.29 is 19.6 Å². The lowest BCUT2D eigenvalue weighted by Crippen LogP contribution is -2.26. The molecule has 0 saturated carbocycles. The molecule has 0 saturated heterocycles. The number of hydrogen-bond acceptors (Lipinski definition) is 6. The molecule has 2 aromatic rings. The van der Waals surface area contributed by atoms with Crippen LogP contribution in [0.1, 0.15) is 18.1 Å². The minimum Gasteiger partial charge on any atom is -0.502 e. The average molecular weight is 357 g/mol. The van der Waals surface area contributed by atoms with Crippen molar-refractivity contribution in [2.24, 2.45) is 11.0 Å². The van der Waals surface area contributed by atoms with Gasteiger partial charge in [-0.1, -0.05) is 19.1 Å². The summed E-state index contributed by atoms with van der Waals surface area (Å²) >= 11 is 0. The molecule has 2 rings (SSSR count).